The van der Waals surface area contributed by atoms with Gasteiger partial charge in [0.1, 0.15) is 11.9 Å². The van der Waals surface area contributed by atoms with Crippen molar-refractivity contribution in [3.8, 4) is 0 Å². The molecule has 0 aliphatic carbocycles. The molecule has 1 atom stereocenters. The van der Waals surface area contributed by atoms with Crippen LogP contribution in [0.15, 0.2) is 42.6 Å². The summed E-state index contributed by atoms with van der Waals surface area (Å²) in [5.74, 6) is -0.219. The van der Waals surface area contributed by atoms with Gasteiger partial charge in [0.2, 0.25) is 0 Å². The lowest BCUT2D eigenvalue weighted by Crippen LogP contribution is -2.38. The molecule has 1 fully saturated rings. The molecule has 3 nitrogen and oxygen atoms in total. The molecule has 1 saturated heterocycles. The van der Waals surface area contributed by atoms with E-state index in [9.17, 15) is 4.39 Å². The number of halogens is 1. The first-order valence-electron chi connectivity index (χ1n) is 6.77. The van der Waals surface area contributed by atoms with Gasteiger partial charge in [0.25, 0.3) is 0 Å². The predicted molar refractivity (Wildman–Crippen MR) is 76.3 cm³/mol. The highest BCUT2D eigenvalue weighted by Crippen LogP contribution is 2.26. The monoisotopic (exact) mass is 272 g/mol. The van der Waals surface area contributed by atoms with Crippen LogP contribution in [0.1, 0.15) is 17.4 Å². The molecule has 2 aromatic rings. The van der Waals surface area contributed by atoms with Gasteiger partial charge in [-0.1, -0.05) is 12.1 Å². The lowest BCUT2D eigenvalue weighted by molar-refractivity contribution is 0.0396. The molecule has 0 saturated carbocycles. The number of morpholine rings is 1. The van der Waals surface area contributed by atoms with Crippen LogP contribution in [-0.4, -0.2) is 24.7 Å². The first-order valence-corrected chi connectivity index (χ1v) is 6.77. The van der Waals surface area contributed by atoms with E-state index in [1.54, 1.807) is 12.1 Å². The second kappa shape index (κ2) is 5.59. The summed E-state index contributed by atoms with van der Waals surface area (Å²) in [5, 5.41) is 0. The zero-order valence-electron chi connectivity index (χ0n) is 11.4. The minimum atomic E-state index is -0.219. The highest BCUT2D eigenvalue weighted by Gasteiger charge is 2.22. The van der Waals surface area contributed by atoms with Crippen LogP contribution in [0.4, 0.5) is 10.1 Å². The molecule has 1 aliphatic rings. The quantitative estimate of drug-likeness (QED) is 0.840. The Kier molecular flexibility index (Phi) is 3.65. The summed E-state index contributed by atoms with van der Waals surface area (Å²) in [6.45, 7) is 4.19. The molecule has 0 bridgehead atoms. The Morgan fingerprint density at radius 2 is 2.20 bits per heavy atom. The van der Waals surface area contributed by atoms with Crippen LogP contribution < -0.4 is 4.90 Å². The predicted octanol–water partition coefficient (Wildman–Crippen LogP) is 3.11. The van der Waals surface area contributed by atoms with Crippen LogP contribution in [0.2, 0.25) is 0 Å². The van der Waals surface area contributed by atoms with Crippen molar-refractivity contribution < 1.29 is 9.13 Å². The number of ether oxygens (including phenoxy) is 1. The zero-order valence-corrected chi connectivity index (χ0v) is 11.4. The Balaban J connectivity index is 1.80. The summed E-state index contributed by atoms with van der Waals surface area (Å²) in [4.78, 5) is 6.47. The summed E-state index contributed by atoms with van der Waals surface area (Å²) in [7, 11) is 0. The number of hydrogen-bond acceptors (Lipinski definition) is 3. The summed E-state index contributed by atoms with van der Waals surface area (Å²) < 4.78 is 19.1. The van der Waals surface area contributed by atoms with Gasteiger partial charge < -0.3 is 9.64 Å². The van der Waals surface area contributed by atoms with Crippen LogP contribution in [0.25, 0.3) is 0 Å². The van der Waals surface area contributed by atoms with Crippen molar-refractivity contribution in [2.24, 2.45) is 0 Å². The van der Waals surface area contributed by atoms with Crippen LogP contribution in [-0.2, 0) is 4.74 Å². The van der Waals surface area contributed by atoms with E-state index >= 15 is 0 Å². The maximum atomic E-state index is 13.3. The van der Waals surface area contributed by atoms with Crippen molar-refractivity contribution in [3.05, 3.63) is 59.7 Å². The van der Waals surface area contributed by atoms with Gasteiger partial charge in [0.05, 0.1) is 6.61 Å². The lowest BCUT2D eigenvalue weighted by atomic mass is 10.1. The van der Waals surface area contributed by atoms with Gasteiger partial charge in [-0.15, -0.1) is 0 Å². The minimum Gasteiger partial charge on any atom is -0.370 e. The minimum absolute atomic E-state index is 0.0899. The van der Waals surface area contributed by atoms with Crippen molar-refractivity contribution in [2.45, 2.75) is 13.0 Å². The Morgan fingerprint density at radius 1 is 1.30 bits per heavy atom. The van der Waals surface area contributed by atoms with Gasteiger partial charge in [-0.2, -0.15) is 0 Å². The number of rotatable bonds is 2. The van der Waals surface area contributed by atoms with Crippen LogP contribution in [0, 0.1) is 12.7 Å². The fraction of sp³-hybridized carbons (Fsp3) is 0.312. The molecule has 0 radical (unpaired) electrons. The highest BCUT2D eigenvalue weighted by molar-refractivity contribution is 5.47. The number of benzene rings is 1. The highest BCUT2D eigenvalue weighted by atomic mass is 19.1. The first-order chi connectivity index (χ1) is 9.72. The summed E-state index contributed by atoms with van der Waals surface area (Å²) >= 11 is 0. The van der Waals surface area contributed by atoms with E-state index < -0.39 is 0 Å². The Labute approximate surface area is 118 Å². The Hall–Kier alpha value is -1.94. The molecule has 4 heteroatoms. The molecular weight excluding hydrogens is 255 g/mol. The molecule has 1 aromatic heterocycles. The number of anilines is 1. The van der Waals surface area contributed by atoms with E-state index in [0.717, 1.165) is 30.0 Å². The van der Waals surface area contributed by atoms with Crippen molar-refractivity contribution in [3.63, 3.8) is 0 Å². The van der Waals surface area contributed by atoms with Crippen molar-refractivity contribution >= 4 is 5.69 Å². The standard InChI is InChI=1S/C16H17FN2O/c1-12-9-15(5-6-18-12)19-7-8-20-16(11-19)13-3-2-4-14(17)10-13/h2-6,9-10,16H,7-8,11H2,1H3/t16-/m1/s1. The molecule has 1 aliphatic heterocycles. The second-order valence-electron chi connectivity index (χ2n) is 5.02. The summed E-state index contributed by atoms with van der Waals surface area (Å²) in [6.07, 6.45) is 1.73. The molecule has 1 aromatic carbocycles. The average Bonchev–Trinajstić information content (AvgIpc) is 2.47. The molecule has 0 unspecified atom stereocenters. The number of pyridine rings is 1. The van der Waals surface area contributed by atoms with Gasteiger partial charge >= 0.3 is 0 Å². The second-order valence-corrected chi connectivity index (χ2v) is 5.02. The van der Waals surface area contributed by atoms with Crippen molar-refractivity contribution in [1.82, 2.24) is 4.98 Å². The van der Waals surface area contributed by atoms with Crippen LogP contribution in [0.5, 0.6) is 0 Å². The van der Waals surface area contributed by atoms with Gasteiger partial charge in [0, 0.05) is 30.7 Å². The number of hydrogen-bond donors (Lipinski definition) is 0. The number of aryl methyl sites for hydroxylation is 1. The van der Waals surface area contributed by atoms with Gasteiger partial charge in [-0.25, -0.2) is 4.39 Å². The Morgan fingerprint density at radius 3 is 3.00 bits per heavy atom. The lowest BCUT2D eigenvalue weighted by Gasteiger charge is -2.34. The molecule has 0 spiro atoms. The maximum absolute atomic E-state index is 13.3. The molecule has 2 heterocycles. The maximum Gasteiger partial charge on any atom is 0.123 e. The van der Waals surface area contributed by atoms with Gasteiger partial charge in [0.15, 0.2) is 0 Å². The molecule has 0 amide bonds. The third-order valence-corrected chi connectivity index (χ3v) is 3.53. The fourth-order valence-corrected chi connectivity index (χ4v) is 2.52. The topological polar surface area (TPSA) is 25.4 Å². The van der Waals surface area contributed by atoms with Gasteiger partial charge in [-0.3, -0.25) is 4.98 Å². The van der Waals surface area contributed by atoms with Crippen molar-refractivity contribution in [2.75, 3.05) is 24.6 Å². The molecule has 0 N–H and O–H groups in total. The van der Waals surface area contributed by atoms with E-state index in [4.69, 9.17) is 4.74 Å². The van der Waals surface area contributed by atoms with E-state index in [0.29, 0.717) is 6.61 Å². The van der Waals surface area contributed by atoms with Crippen molar-refractivity contribution in [1.29, 1.82) is 0 Å². The fourth-order valence-electron chi connectivity index (χ4n) is 2.52. The molecule has 20 heavy (non-hydrogen) atoms. The van der Waals surface area contributed by atoms with Crippen LogP contribution >= 0.6 is 0 Å². The summed E-state index contributed by atoms with van der Waals surface area (Å²) in [5.41, 5.74) is 3.03. The average molecular weight is 272 g/mol. The summed E-state index contributed by atoms with van der Waals surface area (Å²) in [6, 6.07) is 10.7. The largest absolute Gasteiger partial charge is 0.370 e. The van der Waals surface area contributed by atoms with E-state index in [-0.39, 0.29) is 11.9 Å². The normalized spacial score (nSPS) is 19.1. The molecular formula is C16H17FN2O. The van der Waals surface area contributed by atoms with Crippen LogP contribution in [0.3, 0.4) is 0 Å². The first kappa shape index (κ1) is 13.1. The van der Waals surface area contributed by atoms with E-state index in [1.165, 1.54) is 6.07 Å². The molecule has 104 valence electrons. The number of aromatic nitrogens is 1. The molecule has 3 rings (SSSR count). The Bertz CT molecular complexity index is 551. The van der Waals surface area contributed by atoms with Gasteiger partial charge in [-0.05, 0) is 36.8 Å². The zero-order chi connectivity index (χ0) is 13.9. The third-order valence-electron chi connectivity index (χ3n) is 3.53. The van der Waals surface area contributed by atoms with E-state index in [2.05, 4.69) is 16.0 Å². The smallest absolute Gasteiger partial charge is 0.123 e. The third kappa shape index (κ3) is 2.80. The number of nitrogens with zero attached hydrogens (tertiary/aromatic N) is 2. The van der Waals surface area contributed by atoms with E-state index in [1.807, 2.05) is 25.3 Å². The SMILES string of the molecule is Cc1cc(N2CCO[C@@H](c3cccc(F)c3)C2)ccn1.